The number of amides is 1. The molecule has 0 aliphatic heterocycles. The van der Waals surface area contributed by atoms with Crippen LogP contribution in [-0.4, -0.2) is 20.1 Å². The van der Waals surface area contributed by atoms with Crippen LogP contribution in [0.4, 0.5) is 0 Å². The van der Waals surface area contributed by atoms with Crippen molar-refractivity contribution in [1.82, 2.24) is 5.32 Å². The maximum absolute atomic E-state index is 12.3. The number of carbonyl (C=O) groups is 1. The van der Waals surface area contributed by atoms with Gasteiger partial charge >= 0.3 is 0 Å². The molecule has 0 aromatic heterocycles. The molecule has 0 saturated heterocycles. The first kappa shape index (κ1) is 15.9. The fraction of sp³-hybridized carbons (Fsp3) is 0.278. The number of methoxy groups -OCH3 is 2. The number of carbonyl (C=O) groups excluding carboxylic acids is 1. The highest BCUT2D eigenvalue weighted by molar-refractivity contribution is 5.97. The van der Waals surface area contributed by atoms with Gasteiger partial charge in [-0.15, -0.1) is 0 Å². The SMILES string of the molecule is CCc1ccc(CNC(=O)c2ccc(OC)cc2OC)cc1. The molecule has 0 atom stereocenters. The lowest BCUT2D eigenvalue weighted by Crippen LogP contribution is -2.23. The molecular weight excluding hydrogens is 278 g/mol. The van der Waals surface area contributed by atoms with E-state index in [9.17, 15) is 4.79 Å². The second kappa shape index (κ2) is 7.50. The fourth-order valence-corrected chi connectivity index (χ4v) is 2.16. The van der Waals surface area contributed by atoms with E-state index in [4.69, 9.17) is 9.47 Å². The lowest BCUT2D eigenvalue weighted by Gasteiger charge is -2.11. The van der Waals surface area contributed by atoms with Crippen molar-refractivity contribution in [3.63, 3.8) is 0 Å². The van der Waals surface area contributed by atoms with Crippen LogP contribution in [0.2, 0.25) is 0 Å². The van der Waals surface area contributed by atoms with Crippen LogP contribution in [0.3, 0.4) is 0 Å². The number of aryl methyl sites for hydroxylation is 1. The van der Waals surface area contributed by atoms with Crippen LogP contribution in [0.15, 0.2) is 42.5 Å². The highest BCUT2D eigenvalue weighted by Gasteiger charge is 2.12. The molecule has 0 saturated carbocycles. The molecule has 2 aromatic rings. The van der Waals surface area contributed by atoms with E-state index in [1.54, 1.807) is 25.3 Å². The third kappa shape index (κ3) is 3.79. The molecule has 22 heavy (non-hydrogen) atoms. The summed E-state index contributed by atoms with van der Waals surface area (Å²) in [5, 5.41) is 2.91. The molecule has 116 valence electrons. The van der Waals surface area contributed by atoms with Crippen molar-refractivity contribution in [2.45, 2.75) is 19.9 Å². The first-order valence-electron chi connectivity index (χ1n) is 7.26. The number of ether oxygens (including phenoxy) is 2. The van der Waals surface area contributed by atoms with Crippen LogP contribution in [0, 0.1) is 0 Å². The normalized spacial score (nSPS) is 10.1. The van der Waals surface area contributed by atoms with E-state index in [0.717, 1.165) is 12.0 Å². The lowest BCUT2D eigenvalue weighted by atomic mass is 10.1. The summed E-state index contributed by atoms with van der Waals surface area (Å²) in [6, 6.07) is 13.4. The van der Waals surface area contributed by atoms with Gasteiger partial charge in [0.05, 0.1) is 19.8 Å². The molecule has 0 radical (unpaired) electrons. The van der Waals surface area contributed by atoms with E-state index in [0.29, 0.717) is 23.6 Å². The number of hydrogen-bond acceptors (Lipinski definition) is 3. The van der Waals surface area contributed by atoms with E-state index in [1.165, 1.54) is 12.7 Å². The Hall–Kier alpha value is -2.49. The Balaban J connectivity index is 2.05. The summed E-state index contributed by atoms with van der Waals surface area (Å²) in [5.41, 5.74) is 2.85. The summed E-state index contributed by atoms with van der Waals surface area (Å²) in [7, 11) is 3.11. The van der Waals surface area contributed by atoms with Crippen molar-refractivity contribution in [3.05, 3.63) is 59.2 Å². The fourth-order valence-electron chi connectivity index (χ4n) is 2.16. The molecule has 0 spiro atoms. The minimum Gasteiger partial charge on any atom is -0.497 e. The summed E-state index contributed by atoms with van der Waals surface area (Å²) < 4.78 is 10.4. The smallest absolute Gasteiger partial charge is 0.255 e. The predicted molar refractivity (Wildman–Crippen MR) is 86.5 cm³/mol. The topological polar surface area (TPSA) is 47.6 Å². The molecule has 2 aromatic carbocycles. The molecule has 4 heteroatoms. The van der Waals surface area contributed by atoms with Crippen molar-refractivity contribution in [3.8, 4) is 11.5 Å². The molecule has 0 aliphatic carbocycles. The summed E-state index contributed by atoms with van der Waals surface area (Å²) in [6.45, 7) is 2.60. The average Bonchev–Trinajstić information content (AvgIpc) is 2.59. The van der Waals surface area contributed by atoms with Crippen LogP contribution in [0.5, 0.6) is 11.5 Å². The Morgan fingerprint density at radius 3 is 2.27 bits per heavy atom. The third-order valence-electron chi connectivity index (χ3n) is 3.54. The van der Waals surface area contributed by atoms with Gasteiger partial charge in [0, 0.05) is 12.6 Å². The molecule has 1 amide bonds. The molecule has 0 unspecified atom stereocenters. The van der Waals surface area contributed by atoms with Gasteiger partial charge in [-0.25, -0.2) is 0 Å². The molecule has 0 heterocycles. The standard InChI is InChI=1S/C18H21NO3/c1-4-13-5-7-14(8-6-13)12-19-18(20)16-10-9-15(21-2)11-17(16)22-3/h5-11H,4,12H2,1-3H3,(H,19,20). The molecule has 1 N–H and O–H groups in total. The maximum Gasteiger partial charge on any atom is 0.255 e. The second-order valence-electron chi connectivity index (χ2n) is 4.92. The molecular formula is C18H21NO3. The van der Waals surface area contributed by atoms with Gasteiger partial charge in [0.25, 0.3) is 5.91 Å². The van der Waals surface area contributed by atoms with Gasteiger partial charge in [-0.3, -0.25) is 4.79 Å². The average molecular weight is 299 g/mol. The maximum atomic E-state index is 12.3. The molecule has 0 bridgehead atoms. The van der Waals surface area contributed by atoms with Gasteiger partial charge in [0.1, 0.15) is 11.5 Å². The molecule has 0 fully saturated rings. The lowest BCUT2D eigenvalue weighted by molar-refractivity contribution is 0.0948. The van der Waals surface area contributed by atoms with Crippen LogP contribution in [0.25, 0.3) is 0 Å². The van der Waals surface area contributed by atoms with E-state index in [-0.39, 0.29) is 5.91 Å². The van der Waals surface area contributed by atoms with Crippen LogP contribution in [-0.2, 0) is 13.0 Å². The molecule has 0 aliphatic rings. The summed E-state index contributed by atoms with van der Waals surface area (Å²) in [5.74, 6) is 0.987. The third-order valence-corrected chi connectivity index (χ3v) is 3.54. The zero-order valence-corrected chi connectivity index (χ0v) is 13.2. The van der Waals surface area contributed by atoms with Crippen LogP contribution < -0.4 is 14.8 Å². The monoisotopic (exact) mass is 299 g/mol. The van der Waals surface area contributed by atoms with Gasteiger partial charge in [0.2, 0.25) is 0 Å². The van der Waals surface area contributed by atoms with Gasteiger partial charge in [-0.05, 0) is 29.7 Å². The van der Waals surface area contributed by atoms with Gasteiger partial charge < -0.3 is 14.8 Å². The number of hydrogen-bond donors (Lipinski definition) is 1. The number of nitrogens with one attached hydrogen (secondary N) is 1. The molecule has 4 nitrogen and oxygen atoms in total. The van der Waals surface area contributed by atoms with Gasteiger partial charge in [-0.1, -0.05) is 31.2 Å². The van der Waals surface area contributed by atoms with E-state index < -0.39 is 0 Å². The number of benzene rings is 2. The van der Waals surface area contributed by atoms with Crippen molar-refractivity contribution in [2.24, 2.45) is 0 Å². The molecule has 2 rings (SSSR count). The Kier molecular flexibility index (Phi) is 5.42. The van der Waals surface area contributed by atoms with Crippen LogP contribution in [0.1, 0.15) is 28.4 Å². The zero-order chi connectivity index (χ0) is 15.9. The summed E-state index contributed by atoms with van der Waals surface area (Å²) in [4.78, 5) is 12.3. The van der Waals surface area contributed by atoms with E-state index >= 15 is 0 Å². The van der Waals surface area contributed by atoms with Gasteiger partial charge in [0.15, 0.2) is 0 Å². The second-order valence-corrected chi connectivity index (χ2v) is 4.92. The van der Waals surface area contributed by atoms with Crippen molar-refractivity contribution in [2.75, 3.05) is 14.2 Å². The first-order valence-corrected chi connectivity index (χ1v) is 7.26. The highest BCUT2D eigenvalue weighted by Crippen LogP contribution is 2.24. The predicted octanol–water partition coefficient (Wildman–Crippen LogP) is 3.20. The van der Waals surface area contributed by atoms with Crippen molar-refractivity contribution < 1.29 is 14.3 Å². The Labute approximate surface area is 131 Å². The van der Waals surface area contributed by atoms with Crippen LogP contribution >= 0.6 is 0 Å². The van der Waals surface area contributed by atoms with Crippen molar-refractivity contribution in [1.29, 1.82) is 0 Å². The minimum absolute atomic E-state index is 0.168. The van der Waals surface area contributed by atoms with Gasteiger partial charge in [-0.2, -0.15) is 0 Å². The zero-order valence-electron chi connectivity index (χ0n) is 13.2. The summed E-state index contributed by atoms with van der Waals surface area (Å²) in [6.07, 6.45) is 1.01. The van der Waals surface area contributed by atoms with E-state index in [1.807, 2.05) is 12.1 Å². The first-order chi connectivity index (χ1) is 10.7. The summed E-state index contributed by atoms with van der Waals surface area (Å²) >= 11 is 0. The Bertz CT molecular complexity index is 635. The Morgan fingerprint density at radius 1 is 1.00 bits per heavy atom. The quantitative estimate of drug-likeness (QED) is 0.891. The highest BCUT2D eigenvalue weighted by atomic mass is 16.5. The minimum atomic E-state index is -0.168. The Morgan fingerprint density at radius 2 is 1.68 bits per heavy atom. The largest absolute Gasteiger partial charge is 0.497 e. The van der Waals surface area contributed by atoms with Crippen molar-refractivity contribution >= 4 is 5.91 Å². The number of rotatable bonds is 6. The van der Waals surface area contributed by atoms with E-state index in [2.05, 4.69) is 24.4 Å².